The zero-order chi connectivity index (χ0) is 15.7. The molecule has 0 atom stereocenters. The molecule has 0 aliphatic heterocycles. The lowest BCUT2D eigenvalue weighted by Crippen LogP contribution is -2.42. The standard InChI is InChI=1S/C17H27NO3/c1-5-17(3,4)18-16(19)12-9-13-21-15-11-8-7-10-14(15)20-6-2/h7-8,10-11H,5-6,9,12-13H2,1-4H3,(H,18,19). The van der Waals surface area contributed by atoms with Gasteiger partial charge in [-0.1, -0.05) is 19.1 Å². The van der Waals surface area contributed by atoms with E-state index in [2.05, 4.69) is 12.2 Å². The van der Waals surface area contributed by atoms with E-state index in [1.807, 2.05) is 45.0 Å². The van der Waals surface area contributed by atoms with E-state index < -0.39 is 0 Å². The third-order valence-corrected chi connectivity index (χ3v) is 3.32. The van der Waals surface area contributed by atoms with Crippen LogP contribution in [0.3, 0.4) is 0 Å². The average Bonchev–Trinajstić information content (AvgIpc) is 2.45. The highest BCUT2D eigenvalue weighted by atomic mass is 16.5. The molecular formula is C17H27NO3. The Morgan fingerprint density at radius 3 is 2.33 bits per heavy atom. The molecule has 4 nitrogen and oxygen atoms in total. The van der Waals surface area contributed by atoms with Crippen molar-refractivity contribution >= 4 is 5.91 Å². The zero-order valence-electron chi connectivity index (χ0n) is 13.6. The second kappa shape index (κ2) is 8.55. The summed E-state index contributed by atoms with van der Waals surface area (Å²) in [6.07, 6.45) is 2.07. The molecule has 0 radical (unpaired) electrons. The van der Waals surface area contributed by atoms with Gasteiger partial charge in [-0.2, -0.15) is 0 Å². The zero-order valence-corrected chi connectivity index (χ0v) is 13.6. The quantitative estimate of drug-likeness (QED) is 0.708. The number of nitrogens with one attached hydrogen (secondary N) is 1. The van der Waals surface area contributed by atoms with Gasteiger partial charge in [-0.3, -0.25) is 4.79 Å². The lowest BCUT2D eigenvalue weighted by molar-refractivity contribution is -0.122. The first kappa shape index (κ1) is 17.3. The van der Waals surface area contributed by atoms with Crippen LogP contribution in [-0.2, 0) is 4.79 Å². The molecule has 0 spiro atoms. The van der Waals surface area contributed by atoms with Crippen LogP contribution >= 0.6 is 0 Å². The highest BCUT2D eigenvalue weighted by Crippen LogP contribution is 2.26. The van der Waals surface area contributed by atoms with Crippen LogP contribution in [0.15, 0.2) is 24.3 Å². The van der Waals surface area contributed by atoms with Gasteiger partial charge < -0.3 is 14.8 Å². The maximum atomic E-state index is 11.8. The van der Waals surface area contributed by atoms with Gasteiger partial charge in [0.25, 0.3) is 0 Å². The summed E-state index contributed by atoms with van der Waals surface area (Å²) in [6.45, 7) is 9.17. The molecule has 21 heavy (non-hydrogen) atoms. The molecule has 0 aliphatic rings. The second-order valence-electron chi connectivity index (χ2n) is 5.62. The van der Waals surface area contributed by atoms with Crippen LogP contribution in [0.2, 0.25) is 0 Å². The molecule has 0 heterocycles. The monoisotopic (exact) mass is 293 g/mol. The number of ether oxygens (including phenoxy) is 2. The van der Waals surface area contributed by atoms with Crippen molar-refractivity contribution in [3.05, 3.63) is 24.3 Å². The molecule has 0 fully saturated rings. The number of hydrogen-bond donors (Lipinski definition) is 1. The highest BCUT2D eigenvalue weighted by molar-refractivity contribution is 5.76. The lowest BCUT2D eigenvalue weighted by atomic mass is 10.0. The molecule has 0 aromatic heterocycles. The number of hydrogen-bond acceptors (Lipinski definition) is 3. The molecule has 0 saturated heterocycles. The number of benzene rings is 1. The van der Waals surface area contributed by atoms with E-state index in [1.165, 1.54) is 0 Å². The predicted molar refractivity (Wildman–Crippen MR) is 84.9 cm³/mol. The number of amides is 1. The van der Waals surface area contributed by atoms with E-state index >= 15 is 0 Å². The summed E-state index contributed by atoms with van der Waals surface area (Å²) in [5, 5.41) is 3.02. The van der Waals surface area contributed by atoms with Crippen LogP contribution in [0.1, 0.15) is 47.0 Å². The van der Waals surface area contributed by atoms with Gasteiger partial charge in [0.1, 0.15) is 0 Å². The fraction of sp³-hybridized carbons (Fsp3) is 0.588. The molecule has 1 N–H and O–H groups in total. The molecule has 1 amide bonds. The lowest BCUT2D eigenvalue weighted by Gasteiger charge is -2.24. The Hall–Kier alpha value is -1.71. The van der Waals surface area contributed by atoms with Gasteiger partial charge in [-0.15, -0.1) is 0 Å². The van der Waals surface area contributed by atoms with E-state index in [1.54, 1.807) is 0 Å². The molecule has 0 unspecified atom stereocenters. The van der Waals surface area contributed by atoms with E-state index in [0.717, 1.165) is 17.9 Å². The summed E-state index contributed by atoms with van der Waals surface area (Å²) in [4.78, 5) is 11.8. The largest absolute Gasteiger partial charge is 0.490 e. The smallest absolute Gasteiger partial charge is 0.220 e. The number of rotatable bonds is 9. The second-order valence-corrected chi connectivity index (χ2v) is 5.62. The van der Waals surface area contributed by atoms with Crippen LogP contribution in [0.25, 0.3) is 0 Å². The predicted octanol–water partition coefficient (Wildman–Crippen LogP) is 3.55. The van der Waals surface area contributed by atoms with Crippen molar-refractivity contribution in [1.29, 1.82) is 0 Å². The summed E-state index contributed by atoms with van der Waals surface area (Å²) >= 11 is 0. The SMILES string of the molecule is CCOc1ccccc1OCCCC(=O)NC(C)(C)CC. The molecular weight excluding hydrogens is 266 g/mol. The van der Waals surface area contributed by atoms with Gasteiger partial charge in [-0.05, 0) is 45.7 Å². The Morgan fingerprint density at radius 2 is 1.76 bits per heavy atom. The van der Waals surface area contributed by atoms with Crippen LogP contribution < -0.4 is 14.8 Å². The summed E-state index contributed by atoms with van der Waals surface area (Å²) < 4.78 is 11.2. The normalized spacial score (nSPS) is 11.0. The first-order valence-electron chi connectivity index (χ1n) is 7.64. The van der Waals surface area contributed by atoms with Crippen molar-refractivity contribution in [2.45, 2.75) is 52.5 Å². The first-order valence-corrected chi connectivity index (χ1v) is 7.64. The average molecular weight is 293 g/mol. The molecule has 1 aromatic rings. The van der Waals surface area contributed by atoms with E-state index in [-0.39, 0.29) is 11.4 Å². The van der Waals surface area contributed by atoms with Crippen molar-refractivity contribution in [3.63, 3.8) is 0 Å². The third kappa shape index (κ3) is 6.52. The van der Waals surface area contributed by atoms with E-state index in [9.17, 15) is 4.79 Å². The Balaban J connectivity index is 2.33. The summed E-state index contributed by atoms with van der Waals surface area (Å²) in [6, 6.07) is 7.59. The van der Waals surface area contributed by atoms with Crippen molar-refractivity contribution in [1.82, 2.24) is 5.32 Å². The molecule has 1 aromatic carbocycles. The van der Waals surface area contributed by atoms with Crippen LogP contribution in [0.4, 0.5) is 0 Å². The van der Waals surface area contributed by atoms with E-state index in [4.69, 9.17) is 9.47 Å². The fourth-order valence-electron chi connectivity index (χ4n) is 1.79. The summed E-state index contributed by atoms with van der Waals surface area (Å²) in [5.41, 5.74) is -0.139. The molecule has 0 aliphatic carbocycles. The van der Waals surface area contributed by atoms with Gasteiger partial charge >= 0.3 is 0 Å². The summed E-state index contributed by atoms with van der Waals surface area (Å²) in [5.74, 6) is 1.55. The Kier molecular flexibility index (Phi) is 7.06. The first-order chi connectivity index (χ1) is 9.98. The van der Waals surface area contributed by atoms with Crippen molar-refractivity contribution in [2.24, 2.45) is 0 Å². The van der Waals surface area contributed by atoms with Crippen LogP contribution in [-0.4, -0.2) is 24.7 Å². The Bertz CT molecular complexity index is 443. The van der Waals surface area contributed by atoms with Crippen molar-refractivity contribution < 1.29 is 14.3 Å². The number of para-hydroxylation sites is 2. The highest BCUT2D eigenvalue weighted by Gasteiger charge is 2.17. The maximum absolute atomic E-state index is 11.8. The molecule has 1 rings (SSSR count). The van der Waals surface area contributed by atoms with Crippen molar-refractivity contribution in [3.8, 4) is 11.5 Å². The fourth-order valence-corrected chi connectivity index (χ4v) is 1.79. The summed E-state index contributed by atoms with van der Waals surface area (Å²) in [7, 11) is 0. The topological polar surface area (TPSA) is 47.6 Å². The van der Waals surface area contributed by atoms with Gasteiger partial charge in [0.05, 0.1) is 13.2 Å². The number of carbonyl (C=O) groups is 1. The van der Waals surface area contributed by atoms with Crippen LogP contribution in [0, 0.1) is 0 Å². The molecule has 0 bridgehead atoms. The van der Waals surface area contributed by atoms with Gasteiger partial charge in [0.15, 0.2) is 11.5 Å². The molecule has 4 heteroatoms. The molecule has 0 saturated carbocycles. The van der Waals surface area contributed by atoms with Gasteiger partial charge in [-0.25, -0.2) is 0 Å². The van der Waals surface area contributed by atoms with Crippen molar-refractivity contribution in [2.75, 3.05) is 13.2 Å². The molecule has 118 valence electrons. The minimum absolute atomic E-state index is 0.0727. The Labute approximate surface area is 127 Å². The third-order valence-electron chi connectivity index (χ3n) is 3.32. The van der Waals surface area contributed by atoms with Gasteiger partial charge in [0.2, 0.25) is 5.91 Å². The minimum atomic E-state index is -0.139. The van der Waals surface area contributed by atoms with E-state index in [0.29, 0.717) is 26.1 Å². The van der Waals surface area contributed by atoms with Gasteiger partial charge in [0, 0.05) is 12.0 Å². The maximum Gasteiger partial charge on any atom is 0.220 e. The number of carbonyl (C=O) groups excluding carboxylic acids is 1. The van der Waals surface area contributed by atoms with Crippen LogP contribution in [0.5, 0.6) is 11.5 Å². The Morgan fingerprint density at radius 1 is 1.14 bits per heavy atom. The minimum Gasteiger partial charge on any atom is -0.490 e.